The highest BCUT2D eigenvalue weighted by Crippen LogP contribution is 2.38. The number of rotatable bonds is 3. The maximum absolute atomic E-state index is 3.82. The molecule has 1 heterocycles. The van der Waals surface area contributed by atoms with Gasteiger partial charge in [-0.15, -0.1) is 11.3 Å². The zero-order valence-corrected chi connectivity index (χ0v) is 15.0. The van der Waals surface area contributed by atoms with Gasteiger partial charge in [0.2, 0.25) is 0 Å². The van der Waals surface area contributed by atoms with Gasteiger partial charge in [0.15, 0.2) is 0 Å². The van der Waals surface area contributed by atoms with E-state index in [0.29, 0.717) is 11.5 Å². The molecule has 1 aliphatic carbocycles. The van der Waals surface area contributed by atoms with Crippen molar-refractivity contribution in [1.29, 1.82) is 0 Å². The van der Waals surface area contributed by atoms with E-state index in [0.717, 1.165) is 12.5 Å². The lowest BCUT2D eigenvalue weighted by Crippen LogP contribution is -2.43. The predicted octanol–water partition coefficient (Wildman–Crippen LogP) is 5.51. The molecule has 0 amide bonds. The van der Waals surface area contributed by atoms with Crippen LogP contribution in [0.25, 0.3) is 0 Å². The summed E-state index contributed by atoms with van der Waals surface area (Å²) in [6.07, 6.45) is 5.52. The fourth-order valence-electron chi connectivity index (χ4n) is 3.25. The lowest BCUT2D eigenvalue weighted by Gasteiger charge is -2.41. The molecule has 0 aliphatic heterocycles. The summed E-state index contributed by atoms with van der Waals surface area (Å²) in [5, 5.41) is 3.82. The number of aryl methyl sites for hydroxylation is 1. The van der Waals surface area contributed by atoms with Gasteiger partial charge in [-0.25, -0.2) is 0 Å². The summed E-state index contributed by atoms with van der Waals surface area (Å²) in [7, 11) is 0. The van der Waals surface area contributed by atoms with Crippen molar-refractivity contribution < 1.29 is 0 Å². The molecule has 2 unspecified atom stereocenters. The molecule has 1 nitrogen and oxygen atoms in total. The predicted molar refractivity (Wildman–Crippen MR) is 88.8 cm³/mol. The number of nitrogens with one attached hydrogen (secondary N) is 1. The lowest BCUT2D eigenvalue weighted by atomic mass is 9.69. The largest absolute Gasteiger partial charge is 0.309 e. The topological polar surface area (TPSA) is 12.0 Å². The maximum Gasteiger partial charge on any atom is 0.0314 e. The first-order valence-corrected chi connectivity index (χ1v) is 8.97. The van der Waals surface area contributed by atoms with Crippen LogP contribution in [0.4, 0.5) is 0 Å². The molecule has 2 atom stereocenters. The Morgan fingerprint density at radius 1 is 1.32 bits per heavy atom. The third kappa shape index (κ3) is 4.05. The van der Waals surface area contributed by atoms with Crippen LogP contribution in [-0.2, 0) is 6.54 Å². The number of thiophene rings is 1. The Morgan fingerprint density at radius 3 is 2.58 bits per heavy atom. The van der Waals surface area contributed by atoms with Crippen LogP contribution in [0.15, 0.2) is 10.5 Å². The zero-order chi connectivity index (χ0) is 14.0. The smallest absolute Gasteiger partial charge is 0.0314 e. The van der Waals surface area contributed by atoms with Crippen molar-refractivity contribution in [1.82, 2.24) is 5.32 Å². The van der Waals surface area contributed by atoms with Crippen molar-refractivity contribution in [2.45, 2.75) is 66.0 Å². The number of hydrogen-bond donors (Lipinski definition) is 1. The number of hydrogen-bond acceptors (Lipinski definition) is 2. The summed E-state index contributed by atoms with van der Waals surface area (Å²) in [6.45, 7) is 10.4. The fraction of sp³-hybridized carbons (Fsp3) is 0.750. The van der Waals surface area contributed by atoms with Crippen molar-refractivity contribution >= 4 is 27.3 Å². The Kier molecular flexibility index (Phi) is 5.13. The van der Waals surface area contributed by atoms with Gasteiger partial charge in [0.25, 0.3) is 0 Å². The van der Waals surface area contributed by atoms with Gasteiger partial charge in [0.1, 0.15) is 0 Å². The molecule has 2 rings (SSSR count). The molecule has 1 aliphatic rings. The minimum absolute atomic E-state index is 0.421. The van der Waals surface area contributed by atoms with Crippen LogP contribution in [0.1, 0.15) is 56.2 Å². The van der Waals surface area contributed by atoms with E-state index in [9.17, 15) is 0 Å². The molecule has 0 radical (unpaired) electrons. The standard InChI is InChI=1S/C16H26BrNS/c1-11-14(17)9-12(19-11)10-18-15-8-6-5-7-13(15)16(2,3)4/h9,13,15,18H,5-8,10H2,1-4H3. The third-order valence-electron chi connectivity index (χ3n) is 4.33. The highest BCUT2D eigenvalue weighted by atomic mass is 79.9. The van der Waals surface area contributed by atoms with E-state index in [2.05, 4.69) is 55.0 Å². The maximum atomic E-state index is 3.82. The molecule has 1 saturated carbocycles. The van der Waals surface area contributed by atoms with Gasteiger partial charge in [0, 0.05) is 26.8 Å². The van der Waals surface area contributed by atoms with E-state index >= 15 is 0 Å². The normalized spacial score (nSPS) is 24.7. The molecule has 0 aromatic carbocycles. The molecule has 0 saturated heterocycles. The van der Waals surface area contributed by atoms with Crippen molar-refractivity contribution in [2.75, 3.05) is 0 Å². The second kappa shape index (κ2) is 6.28. The average molecular weight is 344 g/mol. The third-order valence-corrected chi connectivity index (χ3v) is 6.46. The van der Waals surface area contributed by atoms with Gasteiger partial charge >= 0.3 is 0 Å². The summed E-state index contributed by atoms with van der Waals surface area (Å²) in [5.41, 5.74) is 0.421. The molecule has 19 heavy (non-hydrogen) atoms. The molecule has 1 fully saturated rings. The molecular weight excluding hydrogens is 318 g/mol. The van der Waals surface area contributed by atoms with Gasteiger partial charge in [-0.05, 0) is 53.1 Å². The average Bonchev–Trinajstić information content (AvgIpc) is 2.65. The first-order chi connectivity index (χ1) is 8.88. The van der Waals surface area contributed by atoms with Gasteiger partial charge in [0.05, 0.1) is 0 Å². The van der Waals surface area contributed by atoms with E-state index in [4.69, 9.17) is 0 Å². The Hall–Kier alpha value is 0.140. The Labute approximate surface area is 130 Å². The summed E-state index contributed by atoms with van der Waals surface area (Å²) in [6, 6.07) is 2.96. The fourth-order valence-corrected chi connectivity index (χ4v) is 4.80. The Bertz CT molecular complexity index is 399. The highest BCUT2D eigenvalue weighted by molar-refractivity contribution is 9.10. The van der Waals surface area contributed by atoms with Crippen LogP contribution in [-0.4, -0.2) is 6.04 Å². The SMILES string of the molecule is Cc1sc(CNC2CCCCC2C(C)(C)C)cc1Br. The first-order valence-electron chi connectivity index (χ1n) is 7.36. The van der Waals surface area contributed by atoms with Crippen LogP contribution in [0.2, 0.25) is 0 Å². The zero-order valence-electron chi connectivity index (χ0n) is 12.6. The van der Waals surface area contributed by atoms with Gasteiger partial charge in [-0.2, -0.15) is 0 Å². The second-order valence-corrected chi connectivity index (χ2v) is 9.06. The summed E-state index contributed by atoms with van der Waals surface area (Å²) >= 11 is 5.51. The molecule has 1 N–H and O–H groups in total. The molecule has 1 aromatic rings. The summed E-state index contributed by atoms with van der Waals surface area (Å²) < 4.78 is 1.25. The van der Waals surface area contributed by atoms with E-state index in [1.54, 1.807) is 0 Å². The van der Waals surface area contributed by atoms with Gasteiger partial charge in [-0.3, -0.25) is 0 Å². The van der Waals surface area contributed by atoms with Crippen LogP contribution in [0.3, 0.4) is 0 Å². The van der Waals surface area contributed by atoms with Crippen LogP contribution >= 0.6 is 27.3 Å². The van der Waals surface area contributed by atoms with Crippen LogP contribution in [0.5, 0.6) is 0 Å². The minimum atomic E-state index is 0.421. The Balaban J connectivity index is 1.96. The molecule has 3 heteroatoms. The van der Waals surface area contributed by atoms with Crippen LogP contribution < -0.4 is 5.32 Å². The monoisotopic (exact) mass is 343 g/mol. The Morgan fingerprint density at radius 2 is 2.00 bits per heavy atom. The quantitative estimate of drug-likeness (QED) is 0.762. The molecule has 0 spiro atoms. The minimum Gasteiger partial charge on any atom is -0.309 e. The van der Waals surface area contributed by atoms with Crippen molar-refractivity contribution in [3.05, 3.63) is 20.3 Å². The van der Waals surface area contributed by atoms with E-state index in [1.165, 1.54) is 39.9 Å². The molecule has 0 bridgehead atoms. The summed E-state index contributed by atoms with van der Waals surface area (Å²) in [5.74, 6) is 0.811. The van der Waals surface area contributed by atoms with Crippen molar-refractivity contribution in [2.24, 2.45) is 11.3 Å². The van der Waals surface area contributed by atoms with Crippen molar-refractivity contribution in [3.63, 3.8) is 0 Å². The van der Waals surface area contributed by atoms with Gasteiger partial charge in [-0.1, -0.05) is 33.6 Å². The van der Waals surface area contributed by atoms with Crippen molar-refractivity contribution in [3.8, 4) is 0 Å². The second-order valence-electron chi connectivity index (χ2n) is 6.86. The van der Waals surface area contributed by atoms with E-state index in [-0.39, 0.29) is 0 Å². The van der Waals surface area contributed by atoms with Gasteiger partial charge < -0.3 is 5.32 Å². The van der Waals surface area contributed by atoms with E-state index < -0.39 is 0 Å². The molecule has 1 aromatic heterocycles. The highest BCUT2D eigenvalue weighted by Gasteiger charge is 2.33. The first kappa shape index (κ1) is 15.5. The summed E-state index contributed by atoms with van der Waals surface area (Å²) in [4.78, 5) is 2.83. The van der Waals surface area contributed by atoms with E-state index in [1.807, 2.05) is 11.3 Å². The lowest BCUT2D eigenvalue weighted by molar-refractivity contribution is 0.130. The van der Waals surface area contributed by atoms with Crippen LogP contribution in [0, 0.1) is 18.3 Å². The number of halogens is 1. The molecular formula is C16H26BrNS. The molecule has 108 valence electrons.